The SMILES string of the molecule is C=C(c1cc(OC)c(OC)c(OC)c1)c1ccc(OC)c(/C=C/C(=O)OC)n1. The predicted octanol–water partition coefficient (Wildman–Crippen LogP) is 3.36. The fourth-order valence-corrected chi connectivity index (χ4v) is 2.54. The molecule has 7 nitrogen and oxygen atoms in total. The van der Waals surface area contributed by atoms with Gasteiger partial charge in [0.05, 0.1) is 41.2 Å². The van der Waals surface area contributed by atoms with Gasteiger partial charge >= 0.3 is 5.97 Å². The third kappa shape index (κ3) is 4.43. The Labute approximate surface area is 164 Å². The van der Waals surface area contributed by atoms with E-state index in [2.05, 4.69) is 16.3 Å². The highest BCUT2D eigenvalue weighted by atomic mass is 16.5. The normalized spacial score (nSPS) is 10.5. The van der Waals surface area contributed by atoms with Gasteiger partial charge < -0.3 is 23.7 Å². The molecule has 0 bridgehead atoms. The number of carbonyl (C=O) groups is 1. The van der Waals surface area contributed by atoms with Crippen LogP contribution in [0.5, 0.6) is 23.0 Å². The minimum absolute atomic E-state index is 0.471. The van der Waals surface area contributed by atoms with Gasteiger partial charge in [0, 0.05) is 11.6 Å². The smallest absolute Gasteiger partial charge is 0.330 e. The van der Waals surface area contributed by atoms with Crippen molar-refractivity contribution in [3.8, 4) is 23.0 Å². The lowest BCUT2D eigenvalue weighted by Gasteiger charge is -2.15. The van der Waals surface area contributed by atoms with E-state index in [1.807, 2.05) is 0 Å². The van der Waals surface area contributed by atoms with Gasteiger partial charge in [-0.15, -0.1) is 0 Å². The van der Waals surface area contributed by atoms with Crippen LogP contribution in [0.2, 0.25) is 0 Å². The third-order valence-electron chi connectivity index (χ3n) is 4.01. The number of carbonyl (C=O) groups excluding carboxylic acids is 1. The van der Waals surface area contributed by atoms with E-state index in [-0.39, 0.29) is 0 Å². The molecule has 0 atom stereocenters. The third-order valence-corrected chi connectivity index (χ3v) is 4.01. The number of esters is 1. The molecule has 0 N–H and O–H groups in total. The van der Waals surface area contributed by atoms with E-state index in [0.29, 0.717) is 40.0 Å². The molecule has 0 fully saturated rings. The van der Waals surface area contributed by atoms with Gasteiger partial charge in [0.2, 0.25) is 5.75 Å². The molecule has 2 rings (SSSR count). The molecular weight excluding hydrogens is 362 g/mol. The molecule has 0 aliphatic rings. The zero-order chi connectivity index (χ0) is 20.7. The van der Waals surface area contributed by atoms with Gasteiger partial charge in [-0.1, -0.05) is 6.58 Å². The first-order chi connectivity index (χ1) is 13.5. The van der Waals surface area contributed by atoms with Gasteiger partial charge in [-0.05, 0) is 35.9 Å². The summed E-state index contributed by atoms with van der Waals surface area (Å²) in [4.78, 5) is 15.9. The van der Waals surface area contributed by atoms with Crippen LogP contribution in [-0.2, 0) is 9.53 Å². The molecule has 0 saturated carbocycles. The van der Waals surface area contributed by atoms with E-state index < -0.39 is 5.97 Å². The molecule has 0 unspecified atom stereocenters. The first-order valence-electron chi connectivity index (χ1n) is 8.29. The summed E-state index contributed by atoms with van der Waals surface area (Å²) >= 11 is 0. The van der Waals surface area contributed by atoms with Crippen LogP contribution in [0.25, 0.3) is 11.6 Å². The molecule has 0 aliphatic carbocycles. The van der Waals surface area contributed by atoms with Crippen LogP contribution in [-0.4, -0.2) is 46.5 Å². The Hall–Kier alpha value is -3.48. The second-order valence-electron chi connectivity index (χ2n) is 5.53. The summed E-state index contributed by atoms with van der Waals surface area (Å²) in [5.41, 5.74) is 2.45. The van der Waals surface area contributed by atoms with E-state index in [4.69, 9.17) is 18.9 Å². The van der Waals surface area contributed by atoms with Crippen LogP contribution in [0.3, 0.4) is 0 Å². The lowest BCUT2D eigenvalue weighted by atomic mass is 10.0. The average molecular weight is 385 g/mol. The molecule has 0 spiro atoms. The van der Waals surface area contributed by atoms with Gasteiger partial charge in [0.15, 0.2) is 11.5 Å². The van der Waals surface area contributed by atoms with Crippen LogP contribution < -0.4 is 18.9 Å². The van der Waals surface area contributed by atoms with Crippen molar-refractivity contribution in [3.05, 3.63) is 53.9 Å². The lowest BCUT2D eigenvalue weighted by Crippen LogP contribution is -2.00. The average Bonchev–Trinajstić information content (AvgIpc) is 2.75. The van der Waals surface area contributed by atoms with Crippen LogP contribution in [0, 0.1) is 0 Å². The molecule has 148 valence electrons. The Morgan fingerprint density at radius 1 is 0.929 bits per heavy atom. The molecule has 2 aromatic rings. The number of benzene rings is 1. The van der Waals surface area contributed by atoms with E-state index >= 15 is 0 Å². The van der Waals surface area contributed by atoms with Gasteiger partial charge in [0.25, 0.3) is 0 Å². The quantitative estimate of drug-likeness (QED) is 0.509. The predicted molar refractivity (Wildman–Crippen MR) is 106 cm³/mol. The fourth-order valence-electron chi connectivity index (χ4n) is 2.54. The fraction of sp³-hybridized carbons (Fsp3) is 0.238. The molecule has 7 heteroatoms. The number of methoxy groups -OCH3 is 5. The van der Waals surface area contributed by atoms with Crippen LogP contribution in [0.15, 0.2) is 36.9 Å². The Morgan fingerprint density at radius 3 is 2.04 bits per heavy atom. The maximum absolute atomic E-state index is 11.4. The lowest BCUT2D eigenvalue weighted by molar-refractivity contribution is -0.134. The Morgan fingerprint density at radius 2 is 1.54 bits per heavy atom. The van der Waals surface area contributed by atoms with Crippen molar-refractivity contribution in [2.75, 3.05) is 35.5 Å². The topological polar surface area (TPSA) is 76.1 Å². The Kier molecular flexibility index (Phi) is 7.03. The van der Waals surface area contributed by atoms with E-state index in [1.54, 1.807) is 45.6 Å². The summed E-state index contributed by atoms with van der Waals surface area (Å²) in [6, 6.07) is 7.11. The van der Waals surface area contributed by atoms with Gasteiger partial charge in [-0.25, -0.2) is 9.78 Å². The molecule has 1 aromatic heterocycles. The molecule has 0 aliphatic heterocycles. The Bertz CT molecular complexity index is 879. The summed E-state index contributed by atoms with van der Waals surface area (Å²) in [7, 11) is 7.47. The van der Waals surface area contributed by atoms with Crippen molar-refractivity contribution in [1.82, 2.24) is 4.98 Å². The van der Waals surface area contributed by atoms with Crippen molar-refractivity contribution in [3.63, 3.8) is 0 Å². The summed E-state index contributed by atoms with van der Waals surface area (Å²) < 4.78 is 26.1. The minimum Gasteiger partial charge on any atom is -0.494 e. The number of aromatic nitrogens is 1. The minimum atomic E-state index is -0.488. The Balaban J connectivity index is 2.49. The highest BCUT2D eigenvalue weighted by Crippen LogP contribution is 2.40. The van der Waals surface area contributed by atoms with Gasteiger partial charge in [-0.2, -0.15) is 0 Å². The number of hydrogen-bond acceptors (Lipinski definition) is 7. The molecular formula is C21H23NO6. The second kappa shape index (κ2) is 9.45. The monoisotopic (exact) mass is 385 g/mol. The number of nitrogens with zero attached hydrogens (tertiary/aromatic N) is 1. The standard InChI is InChI=1S/C21H23NO6/c1-13(14-11-18(25-3)21(28-6)19(12-14)26-4)15-7-9-17(24-2)16(22-15)8-10-20(23)27-5/h7-12H,1H2,2-6H3/b10-8+. The van der Waals surface area contributed by atoms with Gasteiger partial charge in [-0.3, -0.25) is 0 Å². The highest BCUT2D eigenvalue weighted by Gasteiger charge is 2.16. The van der Waals surface area contributed by atoms with Crippen molar-refractivity contribution in [2.45, 2.75) is 0 Å². The number of hydrogen-bond donors (Lipinski definition) is 0. The van der Waals surface area contributed by atoms with Crippen LogP contribution in [0.4, 0.5) is 0 Å². The summed E-state index contributed by atoms with van der Waals surface area (Å²) in [5, 5.41) is 0. The maximum atomic E-state index is 11.4. The van der Waals surface area contributed by atoms with E-state index in [1.165, 1.54) is 26.4 Å². The van der Waals surface area contributed by atoms with Crippen molar-refractivity contribution >= 4 is 17.6 Å². The van der Waals surface area contributed by atoms with Crippen molar-refractivity contribution < 1.29 is 28.5 Å². The van der Waals surface area contributed by atoms with Crippen molar-refractivity contribution in [1.29, 1.82) is 0 Å². The van der Waals surface area contributed by atoms with Crippen LogP contribution >= 0.6 is 0 Å². The molecule has 0 saturated heterocycles. The summed E-state index contributed by atoms with van der Waals surface area (Å²) in [5.74, 6) is 1.54. The molecule has 1 heterocycles. The molecule has 1 aromatic carbocycles. The second-order valence-corrected chi connectivity index (χ2v) is 5.53. The number of ether oxygens (including phenoxy) is 5. The van der Waals surface area contributed by atoms with Crippen molar-refractivity contribution in [2.24, 2.45) is 0 Å². The molecule has 0 amide bonds. The number of rotatable bonds is 8. The molecule has 28 heavy (non-hydrogen) atoms. The van der Waals surface area contributed by atoms with Gasteiger partial charge in [0.1, 0.15) is 11.4 Å². The van der Waals surface area contributed by atoms with E-state index in [9.17, 15) is 4.79 Å². The van der Waals surface area contributed by atoms with E-state index in [0.717, 1.165) is 5.56 Å². The first kappa shape index (κ1) is 20.8. The maximum Gasteiger partial charge on any atom is 0.330 e. The number of pyridine rings is 1. The highest BCUT2D eigenvalue weighted by molar-refractivity contribution is 5.87. The zero-order valence-electron chi connectivity index (χ0n) is 16.6. The van der Waals surface area contributed by atoms with Crippen LogP contribution in [0.1, 0.15) is 17.0 Å². The zero-order valence-corrected chi connectivity index (χ0v) is 16.6. The largest absolute Gasteiger partial charge is 0.494 e. The summed E-state index contributed by atoms with van der Waals surface area (Å²) in [6.07, 6.45) is 2.80. The first-order valence-corrected chi connectivity index (χ1v) is 8.29. The summed E-state index contributed by atoms with van der Waals surface area (Å²) in [6.45, 7) is 4.14. The molecule has 0 radical (unpaired) electrons.